The molecule has 0 aromatic heterocycles. The molecule has 4 N–H and O–H groups in total. The van der Waals surface area contributed by atoms with Crippen LogP contribution in [0.4, 0.5) is 33.3 Å². The van der Waals surface area contributed by atoms with Gasteiger partial charge in [0.1, 0.15) is 11.6 Å². The van der Waals surface area contributed by atoms with Gasteiger partial charge in [0, 0.05) is 24.0 Å². The molecule has 134 valence electrons. The molecule has 0 aliphatic rings. The monoisotopic (exact) mass is 375 g/mol. The quantitative estimate of drug-likeness (QED) is 0.428. The van der Waals surface area contributed by atoms with Gasteiger partial charge in [-0.05, 0) is 54.5 Å². The minimum absolute atomic E-state index is 0.0701. The third kappa shape index (κ3) is 5.28. The molecule has 2 aromatic carbocycles. The molecule has 9 heteroatoms. The zero-order valence-corrected chi connectivity index (χ0v) is 13.6. The number of alkyl halides is 3. The van der Waals surface area contributed by atoms with Gasteiger partial charge in [-0.2, -0.15) is 13.2 Å². The summed E-state index contributed by atoms with van der Waals surface area (Å²) >= 11 is 5.04. The van der Waals surface area contributed by atoms with E-state index in [1.807, 2.05) is 0 Å². The molecule has 0 heterocycles. The van der Waals surface area contributed by atoms with Gasteiger partial charge in [-0.1, -0.05) is 0 Å². The Balaban J connectivity index is 1.95. The first kappa shape index (κ1) is 18.9. The molecule has 0 fully saturated rings. The van der Waals surface area contributed by atoms with Crippen LogP contribution in [0.2, 0.25) is 0 Å². The summed E-state index contributed by atoms with van der Waals surface area (Å²) in [5.41, 5.74) is 5.05. The van der Waals surface area contributed by atoms with Crippen LogP contribution in [0.5, 0.6) is 0 Å². The van der Waals surface area contributed by atoms with Gasteiger partial charge in [0.2, 0.25) is 0 Å². The van der Waals surface area contributed by atoms with E-state index in [0.717, 1.165) is 0 Å². The zero-order chi connectivity index (χ0) is 18.6. The number of rotatable bonds is 4. The molecular formula is C16H14F5N3S. The van der Waals surface area contributed by atoms with E-state index in [1.54, 1.807) is 24.3 Å². The summed E-state index contributed by atoms with van der Waals surface area (Å²) in [5, 5.41) is 5.80. The van der Waals surface area contributed by atoms with Crippen molar-refractivity contribution in [3.63, 3.8) is 0 Å². The maximum atomic E-state index is 13.6. The molecule has 0 atom stereocenters. The molecule has 0 amide bonds. The highest BCUT2D eigenvalue weighted by Gasteiger charge is 2.34. The van der Waals surface area contributed by atoms with Crippen molar-refractivity contribution in [2.24, 2.45) is 0 Å². The lowest BCUT2D eigenvalue weighted by molar-refractivity contribution is -0.140. The Morgan fingerprint density at radius 1 is 1.04 bits per heavy atom. The summed E-state index contributed by atoms with van der Waals surface area (Å²) in [4.78, 5) is 0. The molecule has 25 heavy (non-hydrogen) atoms. The Morgan fingerprint density at radius 3 is 2.28 bits per heavy atom. The standard InChI is InChI=1S/C16H14F5N3S/c17-13-8-14(18)12(16(19,20)21)7-9(13)5-6-23-15(25)24-11-3-1-10(22)2-4-11/h1-4,7-8H,5-6,22H2,(H2,23,24,25). The normalized spacial score (nSPS) is 11.2. The summed E-state index contributed by atoms with van der Waals surface area (Å²) < 4.78 is 64.9. The maximum Gasteiger partial charge on any atom is 0.419 e. The molecule has 3 nitrogen and oxygen atoms in total. The van der Waals surface area contributed by atoms with Gasteiger partial charge < -0.3 is 16.4 Å². The van der Waals surface area contributed by atoms with Gasteiger partial charge in [0.05, 0.1) is 5.56 Å². The van der Waals surface area contributed by atoms with Crippen LogP contribution >= 0.6 is 12.2 Å². The first-order chi connectivity index (χ1) is 11.7. The fourth-order valence-corrected chi connectivity index (χ4v) is 2.27. The van der Waals surface area contributed by atoms with Crippen molar-refractivity contribution in [3.8, 4) is 0 Å². The number of halogens is 5. The first-order valence-corrected chi connectivity index (χ1v) is 7.53. The van der Waals surface area contributed by atoms with Gasteiger partial charge in [-0.15, -0.1) is 0 Å². The summed E-state index contributed by atoms with van der Waals surface area (Å²) in [6.07, 6.45) is -4.98. The van der Waals surface area contributed by atoms with Crippen LogP contribution in [0, 0.1) is 11.6 Å². The van der Waals surface area contributed by atoms with Crippen LogP contribution in [-0.2, 0) is 12.6 Å². The van der Waals surface area contributed by atoms with Gasteiger partial charge in [0.25, 0.3) is 0 Å². The first-order valence-electron chi connectivity index (χ1n) is 7.12. The minimum atomic E-state index is -4.88. The number of benzene rings is 2. The van der Waals surface area contributed by atoms with Crippen LogP contribution in [-0.4, -0.2) is 11.7 Å². The van der Waals surface area contributed by atoms with Crippen molar-refractivity contribution in [3.05, 3.63) is 59.2 Å². The Labute approximate surface area is 146 Å². The lowest BCUT2D eigenvalue weighted by atomic mass is 10.1. The number of thiocarbonyl (C=S) groups is 1. The van der Waals surface area contributed by atoms with Crippen LogP contribution < -0.4 is 16.4 Å². The number of hydrogen-bond acceptors (Lipinski definition) is 2. The predicted molar refractivity (Wildman–Crippen MR) is 90.1 cm³/mol. The lowest BCUT2D eigenvalue weighted by Gasteiger charge is -2.13. The third-order valence-electron chi connectivity index (χ3n) is 3.29. The SMILES string of the molecule is Nc1ccc(NC(=S)NCCc2cc(C(F)(F)F)c(F)cc2F)cc1. The van der Waals surface area contributed by atoms with Crippen molar-refractivity contribution in [2.45, 2.75) is 12.6 Å². The van der Waals surface area contributed by atoms with E-state index in [4.69, 9.17) is 18.0 Å². The Kier molecular flexibility index (Phi) is 5.78. The van der Waals surface area contributed by atoms with E-state index in [-0.39, 0.29) is 29.7 Å². The second kappa shape index (κ2) is 7.64. The smallest absolute Gasteiger partial charge is 0.399 e. The number of hydrogen-bond donors (Lipinski definition) is 3. The molecule has 0 saturated heterocycles. The molecule has 2 rings (SSSR count). The Morgan fingerprint density at radius 2 is 1.68 bits per heavy atom. The summed E-state index contributed by atoms with van der Waals surface area (Å²) in [6.45, 7) is 0.0701. The Hall–Kier alpha value is -2.42. The number of nitrogens with one attached hydrogen (secondary N) is 2. The largest absolute Gasteiger partial charge is 0.419 e. The second-order valence-corrected chi connectivity index (χ2v) is 5.58. The molecule has 0 radical (unpaired) electrons. The van der Waals surface area contributed by atoms with Crippen molar-refractivity contribution in [1.29, 1.82) is 0 Å². The summed E-state index contributed by atoms with van der Waals surface area (Å²) in [6, 6.07) is 7.43. The van der Waals surface area contributed by atoms with Gasteiger partial charge >= 0.3 is 6.18 Å². The second-order valence-electron chi connectivity index (χ2n) is 5.17. The molecule has 0 saturated carbocycles. The average molecular weight is 375 g/mol. The van der Waals surface area contributed by atoms with Gasteiger partial charge in [0.15, 0.2) is 5.11 Å². The minimum Gasteiger partial charge on any atom is -0.399 e. The maximum absolute atomic E-state index is 13.6. The molecule has 0 unspecified atom stereocenters. The van der Waals surface area contributed by atoms with Crippen molar-refractivity contribution in [1.82, 2.24) is 5.32 Å². The van der Waals surface area contributed by atoms with Crippen LogP contribution in [0.15, 0.2) is 36.4 Å². The van der Waals surface area contributed by atoms with E-state index in [2.05, 4.69) is 10.6 Å². The van der Waals surface area contributed by atoms with Crippen LogP contribution in [0.1, 0.15) is 11.1 Å². The Bertz CT molecular complexity index is 760. The van der Waals surface area contributed by atoms with Crippen molar-refractivity contribution >= 4 is 28.7 Å². The highest BCUT2D eigenvalue weighted by atomic mass is 32.1. The van der Waals surface area contributed by atoms with E-state index in [1.165, 1.54) is 0 Å². The number of anilines is 2. The summed E-state index contributed by atoms with van der Waals surface area (Å²) in [7, 11) is 0. The van der Waals surface area contributed by atoms with Crippen molar-refractivity contribution in [2.75, 3.05) is 17.6 Å². The highest BCUT2D eigenvalue weighted by molar-refractivity contribution is 7.80. The third-order valence-corrected chi connectivity index (χ3v) is 3.54. The fraction of sp³-hybridized carbons (Fsp3) is 0.188. The summed E-state index contributed by atoms with van der Waals surface area (Å²) in [5.74, 6) is -2.67. The van der Waals surface area contributed by atoms with Gasteiger partial charge in [-0.3, -0.25) is 0 Å². The van der Waals surface area contributed by atoms with Crippen LogP contribution in [0.25, 0.3) is 0 Å². The van der Waals surface area contributed by atoms with Gasteiger partial charge in [-0.25, -0.2) is 8.78 Å². The zero-order valence-electron chi connectivity index (χ0n) is 12.8. The average Bonchev–Trinajstić information content (AvgIpc) is 2.50. The number of nitrogens with two attached hydrogens (primary N) is 1. The molecule has 0 spiro atoms. The number of nitrogen functional groups attached to an aromatic ring is 1. The molecule has 0 bridgehead atoms. The molecule has 0 aliphatic heterocycles. The predicted octanol–water partition coefficient (Wildman–Crippen LogP) is 4.09. The lowest BCUT2D eigenvalue weighted by Crippen LogP contribution is -2.30. The molecule has 2 aromatic rings. The van der Waals surface area contributed by atoms with E-state index < -0.39 is 23.4 Å². The molecule has 0 aliphatic carbocycles. The topological polar surface area (TPSA) is 50.1 Å². The highest BCUT2D eigenvalue weighted by Crippen LogP contribution is 2.32. The van der Waals surface area contributed by atoms with E-state index >= 15 is 0 Å². The fourth-order valence-electron chi connectivity index (χ4n) is 2.06. The van der Waals surface area contributed by atoms with E-state index in [9.17, 15) is 22.0 Å². The van der Waals surface area contributed by atoms with Crippen molar-refractivity contribution < 1.29 is 22.0 Å². The van der Waals surface area contributed by atoms with E-state index in [0.29, 0.717) is 17.4 Å². The molecular weight excluding hydrogens is 361 g/mol. The van der Waals surface area contributed by atoms with Crippen LogP contribution in [0.3, 0.4) is 0 Å².